The third kappa shape index (κ3) is 4.80. The Labute approximate surface area is 209 Å². The van der Waals surface area contributed by atoms with E-state index >= 15 is 0 Å². The summed E-state index contributed by atoms with van der Waals surface area (Å²) >= 11 is 2.77. The number of unbranched alkanes of at least 4 members (excludes halogenated alkanes) is 1. The lowest BCUT2D eigenvalue weighted by atomic mass is 9.83. The third-order valence-corrected chi connectivity index (χ3v) is 9.35. The average Bonchev–Trinajstić information content (AvgIpc) is 3.60. The highest BCUT2D eigenvalue weighted by atomic mass is 32.1. The Morgan fingerprint density at radius 2 is 1.65 bits per heavy atom. The summed E-state index contributed by atoms with van der Waals surface area (Å²) in [5.41, 5.74) is -1.73. The van der Waals surface area contributed by atoms with Crippen molar-refractivity contribution < 1.29 is 23.9 Å². The van der Waals surface area contributed by atoms with E-state index in [0.29, 0.717) is 15.7 Å². The maximum Gasteiger partial charge on any atom is 0.349 e. The van der Waals surface area contributed by atoms with Crippen molar-refractivity contribution in [3.63, 3.8) is 0 Å². The number of carbonyl (C=O) groups excluding carboxylic acids is 1. The third-order valence-electron chi connectivity index (χ3n) is 7.39. The summed E-state index contributed by atoms with van der Waals surface area (Å²) in [5, 5.41) is 15.4. The van der Waals surface area contributed by atoms with Crippen molar-refractivity contribution in [3.8, 4) is 5.75 Å². The second-order valence-electron chi connectivity index (χ2n) is 9.51. The van der Waals surface area contributed by atoms with E-state index in [1.807, 2.05) is 65.4 Å². The SMILES string of the molecule is O=C(O[C@H]1C[N+]2(CCCCOc3ccccc3)CCC1CC2)C(O)(c1cccs1)c1cccs1. The summed E-state index contributed by atoms with van der Waals surface area (Å²) < 4.78 is 13.0. The zero-order chi connectivity index (χ0) is 23.4. The average molecular weight is 499 g/mol. The van der Waals surface area contributed by atoms with E-state index in [0.717, 1.165) is 68.7 Å². The molecule has 1 aromatic carbocycles. The van der Waals surface area contributed by atoms with Gasteiger partial charge in [-0.1, -0.05) is 30.3 Å². The predicted octanol–water partition coefficient (Wildman–Crippen LogP) is 5.06. The highest BCUT2D eigenvalue weighted by Gasteiger charge is 2.51. The van der Waals surface area contributed by atoms with Gasteiger partial charge in [0.15, 0.2) is 6.10 Å². The van der Waals surface area contributed by atoms with Crippen LogP contribution in [0.15, 0.2) is 65.4 Å². The molecular weight excluding hydrogens is 466 g/mol. The number of nitrogens with zero attached hydrogens (tertiary/aromatic N) is 1. The molecule has 34 heavy (non-hydrogen) atoms. The van der Waals surface area contributed by atoms with E-state index in [2.05, 4.69) is 0 Å². The van der Waals surface area contributed by atoms with Crippen LogP contribution < -0.4 is 4.74 Å². The van der Waals surface area contributed by atoms with E-state index < -0.39 is 11.6 Å². The molecular formula is C27H32NO4S2+. The number of hydrogen-bond donors (Lipinski definition) is 1. The van der Waals surface area contributed by atoms with Crippen molar-refractivity contribution in [2.24, 2.45) is 5.92 Å². The van der Waals surface area contributed by atoms with Gasteiger partial charge in [-0.15, -0.1) is 22.7 Å². The second-order valence-corrected chi connectivity index (χ2v) is 11.4. The van der Waals surface area contributed by atoms with Crippen LogP contribution in [-0.4, -0.2) is 54.4 Å². The van der Waals surface area contributed by atoms with Gasteiger partial charge in [-0.05, 0) is 47.9 Å². The number of para-hydroxylation sites is 1. The van der Waals surface area contributed by atoms with Gasteiger partial charge in [0.05, 0.1) is 36.0 Å². The van der Waals surface area contributed by atoms with Gasteiger partial charge in [-0.2, -0.15) is 0 Å². The zero-order valence-electron chi connectivity index (χ0n) is 19.3. The minimum atomic E-state index is -1.73. The molecule has 3 saturated heterocycles. The Morgan fingerprint density at radius 1 is 0.971 bits per heavy atom. The minimum absolute atomic E-state index is 0.137. The van der Waals surface area contributed by atoms with Crippen molar-refractivity contribution in [3.05, 3.63) is 75.1 Å². The molecule has 3 aromatic rings. The molecule has 0 spiro atoms. The molecule has 3 aliphatic heterocycles. The van der Waals surface area contributed by atoms with Crippen LogP contribution in [0.2, 0.25) is 0 Å². The molecule has 0 amide bonds. The fraction of sp³-hybridized carbons (Fsp3) is 0.444. The molecule has 0 radical (unpaired) electrons. The molecule has 2 aromatic heterocycles. The molecule has 1 atom stereocenters. The number of fused-ring (bicyclic) bond motifs is 3. The Morgan fingerprint density at radius 3 is 2.26 bits per heavy atom. The fourth-order valence-corrected chi connectivity index (χ4v) is 7.15. The van der Waals surface area contributed by atoms with Gasteiger partial charge in [-0.3, -0.25) is 0 Å². The van der Waals surface area contributed by atoms with Gasteiger partial charge in [0.2, 0.25) is 5.60 Å². The van der Waals surface area contributed by atoms with Gasteiger partial charge in [0, 0.05) is 18.8 Å². The Kier molecular flexibility index (Phi) is 7.06. The molecule has 180 valence electrons. The van der Waals surface area contributed by atoms with E-state index in [-0.39, 0.29) is 6.10 Å². The summed E-state index contributed by atoms with van der Waals surface area (Å²) in [5.74, 6) is 0.774. The van der Waals surface area contributed by atoms with Gasteiger partial charge in [0.25, 0.3) is 0 Å². The number of piperidine rings is 3. The van der Waals surface area contributed by atoms with Crippen molar-refractivity contribution in [1.29, 1.82) is 0 Å². The standard InChI is InChI=1S/C27H32NO4S2/c29-26(27(30,24-10-6-18-33-24)25-11-7-19-34-25)32-23-20-28(15-12-21(23)13-16-28)14-4-5-17-31-22-8-2-1-3-9-22/h1-3,6-11,18-19,21,23,30H,4-5,12-17,20H2/q+1/t21?,23-,28?/m0/s1. The van der Waals surface area contributed by atoms with Gasteiger partial charge in [-0.25, -0.2) is 4.79 Å². The van der Waals surface area contributed by atoms with Crippen molar-refractivity contribution >= 4 is 28.6 Å². The summed E-state index contributed by atoms with van der Waals surface area (Å²) in [7, 11) is 0. The van der Waals surface area contributed by atoms with Crippen molar-refractivity contribution in [1.82, 2.24) is 0 Å². The lowest BCUT2D eigenvalue weighted by molar-refractivity contribution is -0.946. The summed E-state index contributed by atoms with van der Waals surface area (Å²) in [4.78, 5) is 14.7. The smallest absolute Gasteiger partial charge is 0.349 e. The first kappa shape index (κ1) is 23.5. The van der Waals surface area contributed by atoms with E-state index in [1.165, 1.54) is 22.7 Å². The van der Waals surface area contributed by atoms with Crippen LogP contribution in [-0.2, 0) is 15.1 Å². The number of ether oxygens (including phenoxy) is 2. The first-order valence-electron chi connectivity index (χ1n) is 12.1. The topological polar surface area (TPSA) is 55.8 Å². The van der Waals surface area contributed by atoms with Crippen LogP contribution in [0.3, 0.4) is 0 Å². The fourth-order valence-electron chi connectivity index (χ4n) is 5.44. The molecule has 5 heterocycles. The van der Waals surface area contributed by atoms with Crippen LogP contribution in [0.5, 0.6) is 5.75 Å². The molecule has 6 rings (SSSR count). The monoisotopic (exact) mass is 498 g/mol. The predicted molar refractivity (Wildman–Crippen MR) is 135 cm³/mol. The van der Waals surface area contributed by atoms with Crippen LogP contribution in [0.25, 0.3) is 0 Å². The van der Waals surface area contributed by atoms with E-state index in [4.69, 9.17) is 9.47 Å². The molecule has 0 saturated carbocycles. The number of aliphatic hydroxyl groups is 1. The highest BCUT2D eigenvalue weighted by Crippen LogP contribution is 2.40. The largest absolute Gasteiger partial charge is 0.494 e. The van der Waals surface area contributed by atoms with Gasteiger partial charge >= 0.3 is 5.97 Å². The number of thiophene rings is 2. The molecule has 1 N–H and O–H groups in total. The van der Waals surface area contributed by atoms with E-state index in [1.54, 1.807) is 0 Å². The number of hydrogen-bond acceptors (Lipinski definition) is 6. The normalized spacial score (nSPS) is 24.1. The molecule has 3 aliphatic rings. The Bertz CT molecular complexity index is 1010. The quantitative estimate of drug-likeness (QED) is 0.241. The first-order chi connectivity index (χ1) is 16.6. The lowest BCUT2D eigenvalue weighted by Crippen LogP contribution is -2.65. The number of benzene rings is 1. The summed E-state index contributed by atoms with van der Waals surface area (Å²) in [6, 6.07) is 17.3. The zero-order valence-corrected chi connectivity index (χ0v) is 20.9. The maximum atomic E-state index is 13.5. The number of esters is 1. The van der Waals surface area contributed by atoms with Crippen LogP contribution in [0.1, 0.15) is 35.4 Å². The van der Waals surface area contributed by atoms with Crippen LogP contribution in [0.4, 0.5) is 0 Å². The summed E-state index contributed by atoms with van der Waals surface area (Å²) in [6.07, 6.45) is 4.12. The van der Waals surface area contributed by atoms with Gasteiger partial charge < -0.3 is 19.1 Å². The molecule has 5 nitrogen and oxygen atoms in total. The maximum absolute atomic E-state index is 13.5. The minimum Gasteiger partial charge on any atom is -0.494 e. The first-order valence-corrected chi connectivity index (χ1v) is 13.9. The molecule has 7 heteroatoms. The van der Waals surface area contributed by atoms with Crippen LogP contribution in [0, 0.1) is 5.92 Å². The van der Waals surface area contributed by atoms with E-state index in [9.17, 15) is 9.90 Å². The molecule has 2 bridgehead atoms. The highest BCUT2D eigenvalue weighted by molar-refractivity contribution is 7.12. The number of quaternary nitrogens is 1. The van der Waals surface area contributed by atoms with Crippen molar-refractivity contribution in [2.45, 2.75) is 37.4 Å². The number of rotatable bonds is 10. The molecule has 0 unspecified atom stereocenters. The van der Waals surface area contributed by atoms with Crippen LogP contribution >= 0.6 is 22.7 Å². The Hall–Kier alpha value is -2.19. The lowest BCUT2D eigenvalue weighted by Gasteiger charge is -2.52. The van der Waals surface area contributed by atoms with Crippen molar-refractivity contribution in [2.75, 3.05) is 32.8 Å². The van der Waals surface area contributed by atoms with Gasteiger partial charge in [0.1, 0.15) is 12.3 Å². The Balaban J connectivity index is 1.20. The molecule has 0 aliphatic carbocycles. The second kappa shape index (κ2) is 10.2. The number of carbonyl (C=O) groups is 1. The summed E-state index contributed by atoms with van der Waals surface area (Å²) in [6.45, 7) is 4.95. The molecule has 3 fully saturated rings.